The molecule has 0 fully saturated rings. The summed E-state index contributed by atoms with van der Waals surface area (Å²) in [5.74, 6) is -2.04. The lowest BCUT2D eigenvalue weighted by Gasteiger charge is -2.23. The Morgan fingerprint density at radius 1 is 0.870 bits per heavy atom. The Hall–Kier alpha value is -2.62. The smallest absolute Gasteiger partial charge is 0.326 e. The van der Waals surface area contributed by atoms with E-state index in [9.17, 15) is 14.7 Å². The lowest BCUT2D eigenvalue weighted by molar-refractivity contribution is -0.143. The Bertz CT molecular complexity index is 613. The van der Waals surface area contributed by atoms with Gasteiger partial charge in [-0.25, -0.2) is 4.79 Å². The molecule has 0 saturated heterocycles. The topological polar surface area (TPSA) is 66.4 Å². The minimum atomic E-state index is -1.02. The van der Waals surface area contributed by atoms with Gasteiger partial charge in [0, 0.05) is 0 Å². The second kappa shape index (κ2) is 7.58. The van der Waals surface area contributed by atoms with Gasteiger partial charge in [0.05, 0.1) is 5.92 Å². The first-order chi connectivity index (χ1) is 11.0. The molecule has 2 N–H and O–H groups in total. The molecule has 0 aliphatic heterocycles. The van der Waals surface area contributed by atoms with Crippen LogP contribution in [-0.4, -0.2) is 23.0 Å². The summed E-state index contributed by atoms with van der Waals surface area (Å²) in [6.45, 7) is 3.55. The highest BCUT2D eigenvalue weighted by atomic mass is 16.4. The molecule has 0 spiro atoms. The van der Waals surface area contributed by atoms with Crippen LogP contribution in [0.2, 0.25) is 0 Å². The maximum Gasteiger partial charge on any atom is 0.326 e. The lowest BCUT2D eigenvalue weighted by atomic mass is 9.90. The second-order valence-corrected chi connectivity index (χ2v) is 5.82. The van der Waals surface area contributed by atoms with E-state index in [1.807, 2.05) is 60.7 Å². The van der Waals surface area contributed by atoms with Crippen LogP contribution in [0.3, 0.4) is 0 Å². The molecule has 0 saturated carbocycles. The number of carbonyl (C=O) groups is 2. The van der Waals surface area contributed by atoms with Crippen molar-refractivity contribution >= 4 is 11.9 Å². The molecule has 2 rings (SSSR count). The van der Waals surface area contributed by atoms with Gasteiger partial charge in [0.1, 0.15) is 6.04 Å². The molecule has 1 unspecified atom stereocenters. The van der Waals surface area contributed by atoms with E-state index in [1.54, 1.807) is 13.8 Å². The first kappa shape index (κ1) is 16.7. The zero-order valence-corrected chi connectivity index (χ0v) is 13.3. The Balaban J connectivity index is 2.34. The third-order valence-electron chi connectivity index (χ3n) is 3.76. The third-order valence-corrected chi connectivity index (χ3v) is 3.76. The number of amides is 1. The largest absolute Gasteiger partial charge is 0.480 e. The summed E-state index contributed by atoms with van der Waals surface area (Å²) >= 11 is 0. The molecule has 2 aromatic rings. The van der Waals surface area contributed by atoms with E-state index in [-0.39, 0.29) is 11.8 Å². The van der Waals surface area contributed by atoms with Gasteiger partial charge in [-0.2, -0.15) is 0 Å². The summed E-state index contributed by atoms with van der Waals surface area (Å²) in [4.78, 5) is 24.1. The van der Waals surface area contributed by atoms with E-state index in [4.69, 9.17) is 0 Å². The number of rotatable bonds is 6. The molecule has 0 aliphatic rings. The first-order valence-corrected chi connectivity index (χ1v) is 7.63. The van der Waals surface area contributed by atoms with E-state index >= 15 is 0 Å². The van der Waals surface area contributed by atoms with Gasteiger partial charge >= 0.3 is 5.97 Å². The molecule has 0 aliphatic carbocycles. The van der Waals surface area contributed by atoms with Crippen LogP contribution in [0, 0.1) is 5.92 Å². The zero-order chi connectivity index (χ0) is 16.8. The molecule has 4 nitrogen and oxygen atoms in total. The number of benzene rings is 2. The van der Waals surface area contributed by atoms with Crippen LogP contribution < -0.4 is 5.32 Å². The van der Waals surface area contributed by atoms with Crippen molar-refractivity contribution in [2.24, 2.45) is 5.92 Å². The van der Waals surface area contributed by atoms with Crippen LogP contribution in [0.5, 0.6) is 0 Å². The zero-order valence-electron chi connectivity index (χ0n) is 13.3. The summed E-state index contributed by atoms with van der Waals surface area (Å²) in [5, 5.41) is 12.0. The van der Waals surface area contributed by atoms with Gasteiger partial charge in [-0.1, -0.05) is 74.5 Å². The fourth-order valence-corrected chi connectivity index (χ4v) is 2.54. The minimum absolute atomic E-state index is 0.191. The number of carboxylic acids is 1. The molecule has 1 amide bonds. The van der Waals surface area contributed by atoms with Crippen LogP contribution >= 0.6 is 0 Å². The average Bonchev–Trinajstić information content (AvgIpc) is 2.54. The maximum absolute atomic E-state index is 12.8. The number of carbonyl (C=O) groups excluding carboxylic acids is 1. The molecule has 0 bridgehead atoms. The van der Waals surface area contributed by atoms with Crippen molar-refractivity contribution in [1.29, 1.82) is 0 Å². The van der Waals surface area contributed by atoms with Gasteiger partial charge in [0.2, 0.25) is 5.91 Å². The molecular weight excluding hydrogens is 290 g/mol. The summed E-state index contributed by atoms with van der Waals surface area (Å²) in [6.07, 6.45) is 0. The molecule has 23 heavy (non-hydrogen) atoms. The van der Waals surface area contributed by atoms with Crippen molar-refractivity contribution in [3.63, 3.8) is 0 Å². The van der Waals surface area contributed by atoms with Crippen LogP contribution in [0.25, 0.3) is 0 Å². The Labute approximate surface area is 136 Å². The number of hydrogen-bond donors (Lipinski definition) is 2. The standard InChI is InChI=1S/C19H21NO3/c1-13(2)17(19(22)23)20-18(21)16(14-9-5-3-6-10-14)15-11-7-4-8-12-15/h3-13,16-17H,1-2H3,(H,20,21)(H,22,23). The fraction of sp³-hybridized carbons (Fsp3) is 0.263. The number of nitrogens with one attached hydrogen (secondary N) is 1. The SMILES string of the molecule is CC(C)C(NC(=O)C(c1ccccc1)c1ccccc1)C(=O)O. The van der Waals surface area contributed by atoms with Gasteiger partial charge < -0.3 is 10.4 Å². The molecule has 120 valence electrons. The van der Waals surface area contributed by atoms with Crippen LogP contribution in [0.4, 0.5) is 0 Å². The molecule has 4 heteroatoms. The van der Waals surface area contributed by atoms with Crippen molar-refractivity contribution in [3.8, 4) is 0 Å². The molecule has 0 heterocycles. The Morgan fingerprint density at radius 2 is 1.30 bits per heavy atom. The molecule has 0 radical (unpaired) electrons. The summed E-state index contributed by atoms with van der Waals surface area (Å²) in [6, 6.07) is 17.9. The quantitative estimate of drug-likeness (QED) is 0.861. The van der Waals surface area contributed by atoms with E-state index in [2.05, 4.69) is 5.32 Å². The number of carboxylic acid groups (broad SMARTS) is 1. The van der Waals surface area contributed by atoms with Crippen molar-refractivity contribution < 1.29 is 14.7 Å². The van der Waals surface area contributed by atoms with Gasteiger partial charge in [0.25, 0.3) is 0 Å². The minimum Gasteiger partial charge on any atom is -0.480 e. The van der Waals surface area contributed by atoms with E-state index in [0.717, 1.165) is 11.1 Å². The number of aliphatic carboxylic acids is 1. The van der Waals surface area contributed by atoms with Crippen molar-refractivity contribution in [2.45, 2.75) is 25.8 Å². The van der Waals surface area contributed by atoms with E-state index in [0.29, 0.717) is 0 Å². The van der Waals surface area contributed by atoms with E-state index < -0.39 is 17.9 Å². The Morgan fingerprint density at radius 3 is 1.65 bits per heavy atom. The monoisotopic (exact) mass is 311 g/mol. The Kier molecular flexibility index (Phi) is 5.52. The maximum atomic E-state index is 12.8. The fourth-order valence-electron chi connectivity index (χ4n) is 2.54. The van der Waals surface area contributed by atoms with Crippen LogP contribution in [0.15, 0.2) is 60.7 Å². The van der Waals surface area contributed by atoms with Crippen molar-refractivity contribution in [3.05, 3.63) is 71.8 Å². The predicted octanol–water partition coefficient (Wildman–Crippen LogP) is 3.04. The summed E-state index contributed by atoms with van der Waals surface area (Å²) < 4.78 is 0. The average molecular weight is 311 g/mol. The molecule has 0 aromatic heterocycles. The summed E-state index contributed by atoms with van der Waals surface area (Å²) in [7, 11) is 0. The van der Waals surface area contributed by atoms with E-state index in [1.165, 1.54) is 0 Å². The first-order valence-electron chi connectivity index (χ1n) is 7.63. The summed E-state index contributed by atoms with van der Waals surface area (Å²) in [5.41, 5.74) is 1.67. The van der Waals surface area contributed by atoms with Crippen LogP contribution in [0.1, 0.15) is 30.9 Å². The van der Waals surface area contributed by atoms with Crippen LogP contribution in [-0.2, 0) is 9.59 Å². The third kappa shape index (κ3) is 4.19. The van der Waals surface area contributed by atoms with Gasteiger partial charge in [-0.05, 0) is 17.0 Å². The molecule has 1 atom stereocenters. The molecular formula is C19H21NO3. The van der Waals surface area contributed by atoms with Gasteiger partial charge in [-0.3, -0.25) is 4.79 Å². The van der Waals surface area contributed by atoms with Crippen molar-refractivity contribution in [1.82, 2.24) is 5.32 Å². The predicted molar refractivity (Wildman–Crippen MR) is 89.1 cm³/mol. The second-order valence-electron chi connectivity index (χ2n) is 5.82. The number of hydrogen-bond acceptors (Lipinski definition) is 2. The van der Waals surface area contributed by atoms with Crippen molar-refractivity contribution in [2.75, 3.05) is 0 Å². The van der Waals surface area contributed by atoms with Gasteiger partial charge in [0.15, 0.2) is 0 Å². The normalized spacial score (nSPS) is 12.2. The molecule has 2 aromatic carbocycles. The lowest BCUT2D eigenvalue weighted by Crippen LogP contribution is -2.46. The van der Waals surface area contributed by atoms with Gasteiger partial charge in [-0.15, -0.1) is 0 Å². The highest BCUT2D eigenvalue weighted by Gasteiger charge is 2.29. The highest BCUT2D eigenvalue weighted by Crippen LogP contribution is 2.25. The highest BCUT2D eigenvalue weighted by molar-refractivity contribution is 5.90.